The Hall–Kier alpha value is -2.84. The number of carbonyl (C=O) groups is 1. The SMILES string of the molecule is COc1ccc(C(CNC(=O)c2cccc(C#N)c2)N2CCCC2)cc1. The van der Waals surface area contributed by atoms with Crippen molar-refractivity contribution in [2.24, 2.45) is 0 Å². The molecule has 1 N–H and O–H groups in total. The molecule has 1 atom stereocenters. The van der Waals surface area contributed by atoms with Crippen molar-refractivity contribution in [2.45, 2.75) is 18.9 Å². The zero-order valence-electron chi connectivity index (χ0n) is 14.9. The van der Waals surface area contributed by atoms with E-state index in [0.717, 1.165) is 18.8 Å². The second-order valence-electron chi connectivity index (χ2n) is 6.43. The van der Waals surface area contributed by atoms with Gasteiger partial charge in [0.15, 0.2) is 0 Å². The zero-order chi connectivity index (χ0) is 18.4. The average molecular weight is 349 g/mol. The van der Waals surface area contributed by atoms with Crippen molar-refractivity contribution in [1.82, 2.24) is 10.2 Å². The molecule has 0 radical (unpaired) electrons. The third-order valence-corrected chi connectivity index (χ3v) is 4.79. The van der Waals surface area contributed by atoms with E-state index in [4.69, 9.17) is 10.00 Å². The van der Waals surface area contributed by atoms with Crippen LogP contribution in [0.3, 0.4) is 0 Å². The molecular formula is C21H23N3O2. The number of hydrogen-bond donors (Lipinski definition) is 1. The molecule has 5 heteroatoms. The van der Waals surface area contributed by atoms with Gasteiger partial charge in [-0.1, -0.05) is 18.2 Å². The number of carbonyl (C=O) groups excluding carboxylic acids is 1. The Morgan fingerprint density at radius 2 is 1.96 bits per heavy atom. The molecule has 2 aromatic rings. The topological polar surface area (TPSA) is 65.4 Å². The van der Waals surface area contributed by atoms with Crippen LogP contribution in [0.25, 0.3) is 0 Å². The Kier molecular flexibility index (Phi) is 5.88. The van der Waals surface area contributed by atoms with E-state index in [2.05, 4.69) is 28.4 Å². The first-order chi connectivity index (χ1) is 12.7. The van der Waals surface area contributed by atoms with Gasteiger partial charge >= 0.3 is 0 Å². The van der Waals surface area contributed by atoms with Crippen molar-refractivity contribution in [3.8, 4) is 11.8 Å². The Morgan fingerprint density at radius 1 is 1.23 bits per heavy atom. The lowest BCUT2D eigenvalue weighted by Crippen LogP contribution is -2.36. The molecule has 0 bridgehead atoms. The first kappa shape index (κ1) is 18.0. The third-order valence-electron chi connectivity index (χ3n) is 4.79. The van der Waals surface area contributed by atoms with E-state index in [1.807, 2.05) is 12.1 Å². The van der Waals surface area contributed by atoms with Crippen LogP contribution < -0.4 is 10.1 Å². The summed E-state index contributed by atoms with van der Waals surface area (Å²) in [4.78, 5) is 14.9. The van der Waals surface area contributed by atoms with Gasteiger partial charge in [-0.05, 0) is 61.8 Å². The molecule has 1 unspecified atom stereocenters. The van der Waals surface area contributed by atoms with Crippen LogP contribution >= 0.6 is 0 Å². The van der Waals surface area contributed by atoms with Crippen molar-refractivity contribution >= 4 is 5.91 Å². The smallest absolute Gasteiger partial charge is 0.251 e. The highest BCUT2D eigenvalue weighted by molar-refractivity contribution is 5.94. The van der Waals surface area contributed by atoms with Crippen LogP contribution in [0.5, 0.6) is 5.75 Å². The molecule has 5 nitrogen and oxygen atoms in total. The van der Waals surface area contributed by atoms with Crippen LogP contribution in [-0.2, 0) is 0 Å². The standard InChI is InChI=1S/C21H23N3O2/c1-26-19-9-7-17(8-10-19)20(24-11-2-3-12-24)15-23-21(25)18-6-4-5-16(13-18)14-22/h4-10,13,20H,2-3,11-12,15H2,1H3,(H,23,25). The van der Waals surface area contributed by atoms with Gasteiger partial charge in [0.05, 0.1) is 24.8 Å². The maximum absolute atomic E-state index is 12.5. The minimum absolute atomic E-state index is 0.131. The minimum Gasteiger partial charge on any atom is -0.497 e. The van der Waals surface area contributed by atoms with Crippen molar-refractivity contribution in [3.05, 3.63) is 65.2 Å². The van der Waals surface area contributed by atoms with E-state index in [0.29, 0.717) is 17.7 Å². The number of nitriles is 1. The van der Waals surface area contributed by atoms with Crippen LogP contribution in [0.4, 0.5) is 0 Å². The second-order valence-corrected chi connectivity index (χ2v) is 6.43. The molecule has 0 spiro atoms. The largest absolute Gasteiger partial charge is 0.497 e. The number of hydrogen-bond acceptors (Lipinski definition) is 4. The molecule has 26 heavy (non-hydrogen) atoms. The first-order valence-corrected chi connectivity index (χ1v) is 8.87. The number of benzene rings is 2. The summed E-state index contributed by atoms with van der Waals surface area (Å²) in [5.41, 5.74) is 2.17. The van der Waals surface area contributed by atoms with Crippen LogP contribution in [0.2, 0.25) is 0 Å². The Labute approximate surface area is 154 Å². The highest BCUT2D eigenvalue weighted by Crippen LogP contribution is 2.26. The van der Waals surface area contributed by atoms with Crippen LogP contribution in [-0.4, -0.2) is 37.6 Å². The fourth-order valence-electron chi connectivity index (χ4n) is 3.36. The number of amides is 1. The molecule has 1 fully saturated rings. The summed E-state index contributed by atoms with van der Waals surface area (Å²) < 4.78 is 5.24. The van der Waals surface area contributed by atoms with Crippen molar-refractivity contribution in [3.63, 3.8) is 0 Å². The number of nitrogens with zero attached hydrogens (tertiary/aromatic N) is 2. The van der Waals surface area contributed by atoms with E-state index in [1.165, 1.54) is 18.4 Å². The lowest BCUT2D eigenvalue weighted by Gasteiger charge is -2.28. The van der Waals surface area contributed by atoms with Crippen LogP contribution in [0.1, 0.15) is 40.4 Å². The summed E-state index contributed by atoms with van der Waals surface area (Å²) in [6, 6.07) is 17.0. The van der Waals surface area contributed by atoms with Crippen LogP contribution in [0, 0.1) is 11.3 Å². The maximum atomic E-state index is 12.5. The monoisotopic (exact) mass is 349 g/mol. The molecule has 1 heterocycles. The summed E-state index contributed by atoms with van der Waals surface area (Å²) in [6.45, 7) is 2.61. The Bertz CT molecular complexity index is 790. The number of rotatable bonds is 6. The first-order valence-electron chi connectivity index (χ1n) is 8.87. The third kappa shape index (κ3) is 4.22. The summed E-state index contributed by atoms with van der Waals surface area (Å²) in [5, 5.41) is 12.0. The number of methoxy groups -OCH3 is 1. The molecule has 2 aromatic carbocycles. The predicted molar refractivity (Wildman–Crippen MR) is 100 cm³/mol. The van der Waals surface area contributed by atoms with Gasteiger partial charge in [-0.2, -0.15) is 5.26 Å². The maximum Gasteiger partial charge on any atom is 0.251 e. The Morgan fingerprint density at radius 3 is 2.62 bits per heavy atom. The normalized spacial score (nSPS) is 15.2. The summed E-state index contributed by atoms with van der Waals surface area (Å²) in [6.07, 6.45) is 2.37. The van der Waals surface area contributed by atoms with E-state index in [-0.39, 0.29) is 11.9 Å². The van der Waals surface area contributed by atoms with E-state index >= 15 is 0 Å². The lowest BCUT2D eigenvalue weighted by molar-refractivity contribution is 0.0938. The molecule has 134 valence electrons. The van der Waals surface area contributed by atoms with Crippen molar-refractivity contribution < 1.29 is 9.53 Å². The molecule has 1 aliphatic heterocycles. The highest BCUT2D eigenvalue weighted by Gasteiger charge is 2.24. The van der Waals surface area contributed by atoms with E-state index in [9.17, 15) is 4.79 Å². The second kappa shape index (κ2) is 8.50. The van der Waals surface area contributed by atoms with Gasteiger partial charge in [-0.15, -0.1) is 0 Å². The minimum atomic E-state index is -0.153. The van der Waals surface area contributed by atoms with Crippen molar-refractivity contribution in [2.75, 3.05) is 26.7 Å². The summed E-state index contributed by atoms with van der Waals surface area (Å²) in [5.74, 6) is 0.672. The van der Waals surface area contributed by atoms with Gasteiger partial charge in [0.25, 0.3) is 5.91 Å². The molecule has 1 aliphatic rings. The molecule has 0 saturated carbocycles. The predicted octanol–water partition coefficient (Wildman–Crippen LogP) is 3.13. The molecule has 1 amide bonds. The average Bonchev–Trinajstić information content (AvgIpc) is 3.23. The van der Waals surface area contributed by atoms with Crippen LogP contribution in [0.15, 0.2) is 48.5 Å². The van der Waals surface area contributed by atoms with Crippen molar-refractivity contribution in [1.29, 1.82) is 5.26 Å². The van der Waals surface area contributed by atoms with Gasteiger partial charge in [0.2, 0.25) is 0 Å². The number of nitrogens with one attached hydrogen (secondary N) is 1. The summed E-state index contributed by atoms with van der Waals surface area (Å²) >= 11 is 0. The van der Waals surface area contributed by atoms with Gasteiger partial charge in [-0.3, -0.25) is 9.69 Å². The quantitative estimate of drug-likeness (QED) is 0.870. The number of ether oxygens (including phenoxy) is 1. The van der Waals surface area contributed by atoms with Gasteiger partial charge < -0.3 is 10.1 Å². The van der Waals surface area contributed by atoms with E-state index in [1.54, 1.807) is 31.4 Å². The lowest BCUT2D eigenvalue weighted by atomic mass is 10.0. The fourth-order valence-corrected chi connectivity index (χ4v) is 3.36. The number of likely N-dealkylation sites (tertiary alicyclic amines) is 1. The van der Waals surface area contributed by atoms with Gasteiger partial charge in [0, 0.05) is 12.1 Å². The molecular weight excluding hydrogens is 326 g/mol. The molecule has 3 rings (SSSR count). The highest BCUT2D eigenvalue weighted by atomic mass is 16.5. The summed E-state index contributed by atoms with van der Waals surface area (Å²) in [7, 11) is 1.66. The van der Waals surface area contributed by atoms with Gasteiger partial charge in [0.1, 0.15) is 5.75 Å². The van der Waals surface area contributed by atoms with E-state index < -0.39 is 0 Å². The Balaban J connectivity index is 1.73. The fraction of sp³-hybridized carbons (Fsp3) is 0.333. The molecule has 0 aliphatic carbocycles. The van der Waals surface area contributed by atoms with Gasteiger partial charge in [-0.25, -0.2) is 0 Å². The molecule has 0 aromatic heterocycles. The molecule has 1 saturated heterocycles. The zero-order valence-corrected chi connectivity index (χ0v) is 14.9.